The lowest BCUT2D eigenvalue weighted by atomic mass is 9.79. The van der Waals surface area contributed by atoms with Crippen molar-refractivity contribution >= 4 is 5.91 Å². The average molecular weight is 342 g/mol. The van der Waals surface area contributed by atoms with Crippen molar-refractivity contribution in [3.63, 3.8) is 0 Å². The number of methoxy groups -OCH3 is 1. The summed E-state index contributed by atoms with van der Waals surface area (Å²) in [7, 11) is 1.67. The van der Waals surface area contributed by atoms with E-state index in [-0.39, 0.29) is 23.5 Å². The zero-order valence-corrected chi connectivity index (χ0v) is 13.8. The summed E-state index contributed by atoms with van der Waals surface area (Å²) in [6.45, 7) is 0.0996. The van der Waals surface area contributed by atoms with Gasteiger partial charge in [-0.15, -0.1) is 0 Å². The second kappa shape index (κ2) is 8.94. The molecule has 134 valence electrons. The van der Waals surface area contributed by atoms with Crippen LogP contribution in [0.5, 0.6) is 5.75 Å². The Balaban J connectivity index is 1.88. The highest BCUT2D eigenvalue weighted by Crippen LogP contribution is 2.28. The number of rotatable bonds is 8. The van der Waals surface area contributed by atoms with Gasteiger partial charge in [-0.1, -0.05) is 12.1 Å². The van der Waals surface area contributed by atoms with E-state index >= 15 is 0 Å². The fourth-order valence-electron chi connectivity index (χ4n) is 3.00. The number of alkyl halides is 2. The number of ether oxygens (including phenoxy) is 2. The second-order valence-electron chi connectivity index (χ2n) is 6.16. The Labute approximate surface area is 140 Å². The van der Waals surface area contributed by atoms with Crippen LogP contribution in [0.3, 0.4) is 0 Å². The van der Waals surface area contributed by atoms with Gasteiger partial charge in [0.1, 0.15) is 5.75 Å². The van der Waals surface area contributed by atoms with Crippen molar-refractivity contribution in [1.29, 1.82) is 0 Å². The highest BCUT2D eigenvalue weighted by atomic mass is 19.3. The maximum atomic E-state index is 12.2. The van der Waals surface area contributed by atoms with Crippen LogP contribution in [-0.4, -0.2) is 45.9 Å². The molecule has 1 amide bonds. The summed E-state index contributed by atoms with van der Waals surface area (Å²) in [5.41, 5.74) is 0.591. The Morgan fingerprint density at radius 1 is 1.38 bits per heavy atom. The van der Waals surface area contributed by atoms with Crippen molar-refractivity contribution in [2.45, 2.75) is 25.9 Å². The fraction of sp³-hybridized carbons (Fsp3) is 0.588. The second-order valence-corrected chi connectivity index (χ2v) is 6.16. The summed E-state index contributed by atoms with van der Waals surface area (Å²) < 4.78 is 34.1. The van der Waals surface area contributed by atoms with E-state index in [1.807, 2.05) is 0 Å². The normalized spacial score (nSPS) is 16.8. The number of hydrogen-bond acceptors (Lipinski definition) is 4. The Morgan fingerprint density at radius 2 is 2.12 bits per heavy atom. The van der Waals surface area contributed by atoms with Crippen LogP contribution in [-0.2, 0) is 16.0 Å². The van der Waals surface area contributed by atoms with E-state index in [1.165, 1.54) is 12.1 Å². The summed E-state index contributed by atoms with van der Waals surface area (Å²) in [6.07, 6.45) is 2.01. The molecule has 1 aliphatic heterocycles. The van der Waals surface area contributed by atoms with E-state index in [9.17, 15) is 13.6 Å². The van der Waals surface area contributed by atoms with Gasteiger partial charge in [0.15, 0.2) is 0 Å². The Bertz CT molecular complexity index is 529. The molecule has 1 fully saturated rings. The predicted octanol–water partition coefficient (Wildman–Crippen LogP) is 1.96. The maximum absolute atomic E-state index is 12.2. The molecule has 0 aliphatic carbocycles. The first-order chi connectivity index (χ1) is 11.5. The molecule has 0 saturated carbocycles. The first-order valence-electron chi connectivity index (χ1n) is 8.03. The largest absolute Gasteiger partial charge is 0.435 e. The lowest BCUT2D eigenvalue weighted by molar-refractivity contribution is -0.121. The van der Waals surface area contributed by atoms with Crippen LogP contribution < -0.4 is 15.4 Å². The smallest absolute Gasteiger partial charge is 0.387 e. The molecule has 2 N–H and O–H groups in total. The van der Waals surface area contributed by atoms with Gasteiger partial charge in [-0.25, -0.2) is 0 Å². The molecule has 1 saturated heterocycles. The van der Waals surface area contributed by atoms with E-state index in [0.29, 0.717) is 18.7 Å². The molecule has 2 rings (SSSR count). The Kier molecular flexibility index (Phi) is 6.93. The number of carbonyl (C=O) groups excluding carboxylic acids is 1. The third kappa shape index (κ3) is 5.72. The van der Waals surface area contributed by atoms with Gasteiger partial charge in [0, 0.05) is 19.1 Å². The molecule has 1 aromatic rings. The maximum Gasteiger partial charge on any atom is 0.387 e. The molecule has 1 aliphatic rings. The van der Waals surface area contributed by atoms with E-state index in [4.69, 9.17) is 4.74 Å². The summed E-state index contributed by atoms with van der Waals surface area (Å²) in [5, 5.41) is 6.25. The average Bonchev–Trinajstić information content (AvgIpc) is 2.54. The van der Waals surface area contributed by atoms with Gasteiger partial charge in [0.05, 0.1) is 13.0 Å². The zero-order valence-electron chi connectivity index (χ0n) is 13.8. The van der Waals surface area contributed by atoms with Crippen molar-refractivity contribution in [3.8, 4) is 5.75 Å². The van der Waals surface area contributed by atoms with Crippen LogP contribution in [0.15, 0.2) is 24.3 Å². The molecule has 0 atom stereocenters. The summed E-state index contributed by atoms with van der Waals surface area (Å²) in [4.78, 5) is 12.2. The van der Waals surface area contributed by atoms with E-state index in [1.54, 1.807) is 19.2 Å². The molecule has 5 nitrogen and oxygen atoms in total. The van der Waals surface area contributed by atoms with Gasteiger partial charge in [-0.3, -0.25) is 4.79 Å². The molecule has 0 unspecified atom stereocenters. The first-order valence-corrected chi connectivity index (χ1v) is 8.03. The molecule has 24 heavy (non-hydrogen) atoms. The highest BCUT2D eigenvalue weighted by Gasteiger charge is 2.32. The number of hydrogen-bond donors (Lipinski definition) is 2. The van der Waals surface area contributed by atoms with Gasteiger partial charge in [-0.2, -0.15) is 8.78 Å². The first kappa shape index (κ1) is 18.6. The van der Waals surface area contributed by atoms with Crippen LogP contribution in [0, 0.1) is 5.41 Å². The third-order valence-corrected chi connectivity index (χ3v) is 4.26. The zero-order chi connectivity index (χ0) is 17.4. The molecular weight excluding hydrogens is 318 g/mol. The van der Waals surface area contributed by atoms with Crippen LogP contribution >= 0.6 is 0 Å². The summed E-state index contributed by atoms with van der Waals surface area (Å²) in [6, 6.07) is 6.21. The number of halogens is 2. The van der Waals surface area contributed by atoms with Crippen molar-refractivity contribution in [1.82, 2.24) is 10.6 Å². The molecule has 1 aromatic carbocycles. The van der Waals surface area contributed by atoms with Crippen LogP contribution in [0.4, 0.5) is 8.78 Å². The molecule has 0 spiro atoms. The van der Waals surface area contributed by atoms with Crippen molar-refractivity contribution in [2.75, 3.05) is 33.4 Å². The van der Waals surface area contributed by atoms with Crippen molar-refractivity contribution in [3.05, 3.63) is 29.8 Å². The molecule has 0 bridgehead atoms. The molecule has 0 radical (unpaired) electrons. The monoisotopic (exact) mass is 342 g/mol. The topological polar surface area (TPSA) is 59.6 Å². The molecule has 7 heteroatoms. The Hall–Kier alpha value is -1.73. The minimum absolute atomic E-state index is 0.0453. The van der Waals surface area contributed by atoms with E-state index in [0.717, 1.165) is 25.9 Å². The number of benzene rings is 1. The molecule has 0 aromatic heterocycles. The van der Waals surface area contributed by atoms with Gasteiger partial charge in [0.25, 0.3) is 0 Å². The third-order valence-electron chi connectivity index (χ3n) is 4.26. The fourth-order valence-corrected chi connectivity index (χ4v) is 3.00. The van der Waals surface area contributed by atoms with Gasteiger partial charge >= 0.3 is 6.61 Å². The standard InChI is InChI=1S/C17H24F2N2O3/c1-23-12-17(5-7-20-8-6-17)11-21-15(22)10-13-3-2-4-14(9-13)24-16(18)19/h2-4,9,16,20H,5-8,10-12H2,1H3,(H,21,22). The minimum Gasteiger partial charge on any atom is -0.435 e. The van der Waals surface area contributed by atoms with Crippen LogP contribution in [0.25, 0.3) is 0 Å². The van der Waals surface area contributed by atoms with Crippen molar-refractivity contribution < 1.29 is 23.0 Å². The molecular formula is C17H24F2N2O3. The van der Waals surface area contributed by atoms with Crippen molar-refractivity contribution in [2.24, 2.45) is 5.41 Å². The number of amides is 1. The van der Waals surface area contributed by atoms with Crippen LogP contribution in [0.1, 0.15) is 18.4 Å². The Morgan fingerprint density at radius 3 is 2.79 bits per heavy atom. The lowest BCUT2D eigenvalue weighted by Gasteiger charge is -2.37. The van der Waals surface area contributed by atoms with Gasteiger partial charge < -0.3 is 20.1 Å². The number of piperidine rings is 1. The van der Waals surface area contributed by atoms with E-state index < -0.39 is 6.61 Å². The summed E-state index contributed by atoms with van der Waals surface area (Å²) >= 11 is 0. The van der Waals surface area contributed by atoms with Gasteiger partial charge in [0.2, 0.25) is 5.91 Å². The predicted molar refractivity (Wildman–Crippen MR) is 86.2 cm³/mol. The minimum atomic E-state index is -2.87. The van der Waals surface area contributed by atoms with Crippen LogP contribution in [0.2, 0.25) is 0 Å². The lowest BCUT2D eigenvalue weighted by Crippen LogP contribution is -2.47. The molecule has 1 heterocycles. The summed E-state index contributed by atoms with van der Waals surface area (Å²) in [5.74, 6) is -0.0808. The SMILES string of the molecule is COCC1(CNC(=O)Cc2cccc(OC(F)F)c2)CCNCC1. The number of carbonyl (C=O) groups is 1. The number of nitrogens with one attached hydrogen (secondary N) is 2. The van der Waals surface area contributed by atoms with Gasteiger partial charge in [-0.05, 0) is 43.6 Å². The van der Waals surface area contributed by atoms with E-state index in [2.05, 4.69) is 15.4 Å². The highest BCUT2D eigenvalue weighted by molar-refractivity contribution is 5.78. The quantitative estimate of drug-likeness (QED) is 0.758.